The molecule has 1 heterocycles. The second-order valence-corrected chi connectivity index (χ2v) is 7.46. The Bertz CT molecular complexity index is 655. The lowest BCUT2D eigenvalue weighted by atomic mass is 10.2. The van der Waals surface area contributed by atoms with Crippen LogP contribution < -0.4 is 9.62 Å². The summed E-state index contributed by atoms with van der Waals surface area (Å²) >= 11 is 0. The van der Waals surface area contributed by atoms with E-state index in [1.54, 1.807) is 23.1 Å². The number of carbonyl (C=O) groups excluding carboxylic acids is 1. The van der Waals surface area contributed by atoms with E-state index in [2.05, 4.69) is 4.72 Å². The number of sulfonamides is 1. The molecule has 0 radical (unpaired) electrons. The summed E-state index contributed by atoms with van der Waals surface area (Å²) in [6.07, 6.45) is 2.90. The SMILES string of the molecule is CCC[C@@H](C)NS(=O)(=O)c1ccc2c(c1)CCN2C(=O)CC. The first kappa shape index (κ1) is 17.0. The number of anilines is 1. The predicted molar refractivity (Wildman–Crippen MR) is 87.5 cm³/mol. The van der Waals surface area contributed by atoms with Crippen molar-refractivity contribution in [3.05, 3.63) is 23.8 Å². The topological polar surface area (TPSA) is 66.5 Å². The number of nitrogens with one attached hydrogen (secondary N) is 1. The van der Waals surface area contributed by atoms with E-state index >= 15 is 0 Å². The number of carbonyl (C=O) groups is 1. The molecule has 1 aromatic rings. The molecule has 122 valence electrons. The Kier molecular flexibility index (Phi) is 5.24. The first-order valence-electron chi connectivity index (χ1n) is 7.84. The fraction of sp³-hybridized carbons (Fsp3) is 0.562. The van der Waals surface area contributed by atoms with Crippen molar-refractivity contribution in [2.75, 3.05) is 11.4 Å². The number of rotatable bonds is 6. The molecule has 0 aliphatic carbocycles. The number of amides is 1. The maximum Gasteiger partial charge on any atom is 0.240 e. The van der Waals surface area contributed by atoms with Gasteiger partial charge in [-0.3, -0.25) is 4.79 Å². The average Bonchev–Trinajstić information content (AvgIpc) is 2.89. The van der Waals surface area contributed by atoms with Gasteiger partial charge in [0, 0.05) is 24.7 Å². The van der Waals surface area contributed by atoms with Crippen LogP contribution in [-0.4, -0.2) is 26.9 Å². The minimum absolute atomic E-state index is 0.0732. The lowest BCUT2D eigenvalue weighted by molar-refractivity contribution is -0.118. The van der Waals surface area contributed by atoms with E-state index in [9.17, 15) is 13.2 Å². The molecule has 1 aliphatic rings. The molecule has 1 N–H and O–H groups in total. The van der Waals surface area contributed by atoms with Crippen LogP contribution in [0.3, 0.4) is 0 Å². The van der Waals surface area contributed by atoms with E-state index < -0.39 is 10.0 Å². The fourth-order valence-electron chi connectivity index (χ4n) is 2.82. The summed E-state index contributed by atoms with van der Waals surface area (Å²) in [5, 5.41) is 0. The Morgan fingerprint density at radius 2 is 2.09 bits per heavy atom. The number of hydrogen-bond donors (Lipinski definition) is 1. The van der Waals surface area contributed by atoms with Crippen molar-refractivity contribution in [3.63, 3.8) is 0 Å². The molecule has 1 amide bonds. The highest BCUT2D eigenvalue weighted by Crippen LogP contribution is 2.30. The van der Waals surface area contributed by atoms with Crippen molar-refractivity contribution < 1.29 is 13.2 Å². The molecule has 1 aromatic carbocycles. The van der Waals surface area contributed by atoms with Crippen LogP contribution in [0.5, 0.6) is 0 Å². The van der Waals surface area contributed by atoms with E-state index in [0.29, 0.717) is 19.4 Å². The Labute approximate surface area is 132 Å². The molecule has 6 heteroatoms. The van der Waals surface area contributed by atoms with Crippen molar-refractivity contribution in [3.8, 4) is 0 Å². The van der Waals surface area contributed by atoms with Gasteiger partial charge in [-0.25, -0.2) is 13.1 Å². The summed E-state index contributed by atoms with van der Waals surface area (Å²) in [5.74, 6) is 0.0732. The minimum atomic E-state index is -3.50. The standard InChI is InChI=1S/C16H24N2O3S/c1-4-6-12(3)17-22(20,21)14-7-8-15-13(11-14)9-10-18(15)16(19)5-2/h7-8,11-12,17H,4-6,9-10H2,1-3H3/t12-/m1/s1. The van der Waals surface area contributed by atoms with Crippen LogP contribution in [0.15, 0.2) is 23.1 Å². The van der Waals surface area contributed by atoms with Crippen LogP contribution in [0.4, 0.5) is 5.69 Å². The normalized spacial score (nSPS) is 15.7. The average molecular weight is 324 g/mol. The van der Waals surface area contributed by atoms with E-state index in [0.717, 1.165) is 24.1 Å². The van der Waals surface area contributed by atoms with Gasteiger partial charge in [0.05, 0.1) is 4.90 Å². The first-order chi connectivity index (χ1) is 10.4. The third kappa shape index (κ3) is 3.50. The zero-order valence-electron chi connectivity index (χ0n) is 13.4. The summed E-state index contributed by atoms with van der Waals surface area (Å²) in [7, 11) is -3.50. The quantitative estimate of drug-likeness (QED) is 0.874. The highest BCUT2D eigenvalue weighted by atomic mass is 32.2. The van der Waals surface area contributed by atoms with Crippen LogP contribution in [0.25, 0.3) is 0 Å². The highest BCUT2D eigenvalue weighted by Gasteiger charge is 2.26. The van der Waals surface area contributed by atoms with Crippen LogP contribution in [0.1, 0.15) is 45.6 Å². The maximum atomic E-state index is 12.4. The van der Waals surface area contributed by atoms with Crippen LogP contribution in [0, 0.1) is 0 Å². The molecule has 0 spiro atoms. The van der Waals surface area contributed by atoms with Crippen molar-refractivity contribution in [1.82, 2.24) is 4.72 Å². The number of hydrogen-bond acceptors (Lipinski definition) is 3. The van der Waals surface area contributed by atoms with E-state index in [1.165, 1.54) is 0 Å². The minimum Gasteiger partial charge on any atom is -0.312 e. The second-order valence-electron chi connectivity index (χ2n) is 5.75. The zero-order valence-corrected chi connectivity index (χ0v) is 14.2. The van der Waals surface area contributed by atoms with Crippen molar-refractivity contribution in [2.24, 2.45) is 0 Å². The smallest absolute Gasteiger partial charge is 0.240 e. The molecule has 22 heavy (non-hydrogen) atoms. The maximum absolute atomic E-state index is 12.4. The van der Waals surface area contributed by atoms with Crippen LogP contribution in [-0.2, 0) is 21.2 Å². The number of fused-ring (bicyclic) bond motifs is 1. The molecule has 2 rings (SSSR count). The predicted octanol–water partition coefficient (Wildman–Crippen LogP) is 2.45. The molecule has 0 unspecified atom stereocenters. The van der Waals surface area contributed by atoms with Gasteiger partial charge in [0.2, 0.25) is 15.9 Å². The molecule has 0 aromatic heterocycles. The van der Waals surface area contributed by atoms with Gasteiger partial charge in [0.15, 0.2) is 0 Å². The summed E-state index contributed by atoms with van der Waals surface area (Å²) in [5.41, 5.74) is 1.76. The highest BCUT2D eigenvalue weighted by molar-refractivity contribution is 7.89. The second kappa shape index (κ2) is 6.79. The summed E-state index contributed by atoms with van der Waals surface area (Å²) < 4.78 is 27.5. The Morgan fingerprint density at radius 1 is 1.36 bits per heavy atom. The van der Waals surface area contributed by atoms with Gasteiger partial charge in [0.1, 0.15) is 0 Å². The van der Waals surface area contributed by atoms with Gasteiger partial charge in [-0.05, 0) is 43.5 Å². The van der Waals surface area contributed by atoms with E-state index in [1.807, 2.05) is 20.8 Å². The molecular weight excluding hydrogens is 300 g/mol. The summed E-state index contributed by atoms with van der Waals surface area (Å²) in [4.78, 5) is 13.9. The molecule has 1 aliphatic heterocycles. The first-order valence-corrected chi connectivity index (χ1v) is 9.33. The molecule has 0 bridgehead atoms. The van der Waals surface area contributed by atoms with Gasteiger partial charge >= 0.3 is 0 Å². The number of nitrogens with zero attached hydrogens (tertiary/aromatic N) is 1. The van der Waals surface area contributed by atoms with Crippen molar-refractivity contribution in [2.45, 2.75) is 57.4 Å². The van der Waals surface area contributed by atoms with E-state index in [-0.39, 0.29) is 16.8 Å². The van der Waals surface area contributed by atoms with Crippen molar-refractivity contribution >= 4 is 21.6 Å². The summed E-state index contributed by atoms with van der Waals surface area (Å²) in [6.45, 7) is 6.36. The van der Waals surface area contributed by atoms with Gasteiger partial charge in [-0.2, -0.15) is 0 Å². The third-order valence-corrected chi connectivity index (χ3v) is 5.53. The van der Waals surface area contributed by atoms with Crippen LogP contribution >= 0.6 is 0 Å². The molecule has 5 nitrogen and oxygen atoms in total. The van der Waals surface area contributed by atoms with Crippen molar-refractivity contribution in [1.29, 1.82) is 0 Å². The largest absolute Gasteiger partial charge is 0.312 e. The number of benzene rings is 1. The molecular formula is C16H24N2O3S. The zero-order chi connectivity index (χ0) is 16.3. The lowest BCUT2D eigenvalue weighted by Crippen LogP contribution is -2.32. The van der Waals surface area contributed by atoms with Gasteiger partial charge < -0.3 is 4.90 Å². The lowest BCUT2D eigenvalue weighted by Gasteiger charge is -2.17. The fourth-order valence-corrected chi connectivity index (χ4v) is 4.15. The molecule has 0 saturated carbocycles. The molecule has 0 saturated heterocycles. The molecule has 0 fully saturated rings. The molecule has 1 atom stereocenters. The van der Waals surface area contributed by atoms with E-state index in [4.69, 9.17) is 0 Å². The van der Waals surface area contributed by atoms with Gasteiger partial charge in [0.25, 0.3) is 0 Å². The Balaban J connectivity index is 2.24. The Hall–Kier alpha value is -1.40. The van der Waals surface area contributed by atoms with Crippen LogP contribution in [0.2, 0.25) is 0 Å². The van der Waals surface area contributed by atoms with Gasteiger partial charge in [-0.15, -0.1) is 0 Å². The monoisotopic (exact) mass is 324 g/mol. The Morgan fingerprint density at radius 3 is 2.73 bits per heavy atom. The third-order valence-electron chi connectivity index (χ3n) is 3.94. The summed E-state index contributed by atoms with van der Waals surface area (Å²) in [6, 6.07) is 4.94. The van der Waals surface area contributed by atoms with Gasteiger partial charge in [-0.1, -0.05) is 20.3 Å².